The van der Waals surface area contributed by atoms with Gasteiger partial charge in [-0.2, -0.15) is 0 Å². The van der Waals surface area contributed by atoms with E-state index in [1.807, 2.05) is 12.3 Å². The minimum atomic E-state index is 0.598. The normalized spacial score (nSPS) is 21.3. The van der Waals surface area contributed by atoms with Gasteiger partial charge in [-0.25, -0.2) is 0 Å². The van der Waals surface area contributed by atoms with Crippen molar-refractivity contribution < 1.29 is 0 Å². The third-order valence-corrected chi connectivity index (χ3v) is 3.53. The minimum absolute atomic E-state index is 0.598. The standard InChI is InChI=1S/C15H19N3/c1-12-10-18(8-7-16-12)11-13-4-5-15-14(9-13)3-2-6-17-15/h2-6,9,12,16H,7-8,10-11H2,1H3/t12-/m0/s1. The molecule has 1 N–H and O–H groups in total. The highest BCUT2D eigenvalue weighted by Gasteiger charge is 2.15. The molecule has 94 valence electrons. The Hall–Kier alpha value is -1.45. The van der Waals surface area contributed by atoms with Crippen LogP contribution in [0.25, 0.3) is 10.9 Å². The van der Waals surface area contributed by atoms with E-state index in [9.17, 15) is 0 Å². The summed E-state index contributed by atoms with van der Waals surface area (Å²) in [5.41, 5.74) is 2.46. The second kappa shape index (κ2) is 5.04. The van der Waals surface area contributed by atoms with Gasteiger partial charge < -0.3 is 5.32 Å². The third-order valence-electron chi connectivity index (χ3n) is 3.53. The van der Waals surface area contributed by atoms with Crippen molar-refractivity contribution in [3.8, 4) is 0 Å². The smallest absolute Gasteiger partial charge is 0.0702 e. The maximum atomic E-state index is 4.36. The van der Waals surface area contributed by atoms with E-state index in [1.54, 1.807) is 0 Å². The van der Waals surface area contributed by atoms with Crippen molar-refractivity contribution in [3.05, 3.63) is 42.1 Å². The van der Waals surface area contributed by atoms with Gasteiger partial charge in [0, 0.05) is 43.8 Å². The molecule has 3 rings (SSSR count). The van der Waals surface area contributed by atoms with Crippen molar-refractivity contribution in [1.82, 2.24) is 15.2 Å². The Morgan fingerprint density at radius 3 is 3.22 bits per heavy atom. The number of nitrogens with zero attached hydrogens (tertiary/aromatic N) is 2. The first kappa shape index (κ1) is 11.6. The molecule has 3 nitrogen and oxygen atoms in total. The van der Waals surface area contributed by atoms with E-state index in [2.05, 4.69) is 46.4 Å². The van der Waals surface area contributed by atoms with E-state index < -0.39 is 0 Å². The quantitative estimate of drug-likeness (QED) is 0.872. The summed E-state index contributed by atoms with van der Waals surface area (Å²) in [6.45, 7) is 6.64. The zero-order valence-electron chi connectivity index (χ0n) is 10.8. The molecule has 1 aromatic carbocycles. The molecule has 0 radical (unpaired) electrons. The molecule has 2 aromatic rings. The summed E-state index contributed by atoms with van der Waals surface area (Å²) in [5, 5.41) is 4.71. The zero-order valence-corrected chi connectivity index (χ0v) is 10.8. The Kier molecular flexibility index (Phi) is 3.26. The molecule has 0 unspecified atom stereocenters. The Morgan fingerprint density at radius 1 is 1.39 bits per heavy atom. The Labute approximate surface area is 108 Å². The molecule has 0 spiro atoms. The Balaban J connectivity index is 1.78. The first-order valence-corrected chi connectivity index (χ1v) is 6.61. The van der Waals surface area contributed by atoms with E-state index in [1.165, 1.54) is 10.9 Å². The summed E-state index contributed by atoms with van der Waals surface area (Å²) >= 11 is 0. The summed E-state index contributed by atoms with van der Waals surface area (Å²) < 4.78 is 0. The highest BCUT2D eigenvalue weighted by Crippen LogP contribution is 2.15. The zero-order chi connectivity index (χ0) is 12.4. The predicted octanol–water partition coefficient (Wildman–Crippen LogP) is 2.03. The molecular formula is C15H19N3. The largest absolute Gasteiger partial charge is 0.312 e. The first-order valence-electron chi connectivity index (χ1n) is 6.61. The molecule has 1 atom stereocenters. The minimum Gasteiger partial charge on any atom is -0.312 e. The van der Waals surface area contributed by atoms with Crippen LogP contribution in [0.15, 0.2) is 36.5 Å². The van der Waals surface area contributed by atoms with Crippen molar-refractivity contribution in [2.24, 2.45) is 0 Å². The number of rotatable bonds is 2. The van der Waals surface area contributed by atoms with Gasteiger partial charge in [0.25, 0.3) is 0 Å². The molecule has 0 bridgehead atoms. The van der Waals surface area contributed by atoms with Gasteiger partial charge in [-0.05, 0) is 30.7 Å². The predicted molar refractivity (Wildman–Crippen MR) is 74.5 cm³/mol. The SMILES string of the molecule is C[C@H]1CN(Cc2ccc3ncccc3c2)CCN1. The monoisotopic (exact) mass is 241 g/mol. The van der Waals surface area contributed by atoms with Crippen LogP contribution in [-0.4, -0.2) is 35.6 Å². The van der Waals surface area contributed by atoms with Crippen molar-refractivity contribution in [2.45, 2.75) is 19.5 Å². The summed E-state index contributed by atoms with van der Waals surface area (Å²) in [5.74, 6) is 0. The number of nitrogens with one attached hydrogen (secondary N) is 1. The summed E-state index contributed by atoms with van der Waals surface area (Å²) in [4.78, 5) is 6.87. The third kappa shape index (κ3) is 2.52. The fourth-order valence-corrected chi connectivity index (χ4v) is 2.64. The first-order chi connectivity index (χ1) is 8.81. The van der Waals surface area contributed by atoms with E-state index in [-0.39, 0.29) is 0 Å². The molecule has 1 aromatic heterocycles. The van der Waals surface area contributed by atoms with Crippen LogP contribution in [-0.2, 0) is 6.54 Å². The number of piperazine rings is 1. The van der Waals surface area contributed by atoms with Crippen LogP contribution in [0.4, 0.5) is 0 Å². The van der Waals surface area contributed by atoms with Crippen molar-refractivity contribution in [3.63, 3.8) is 0 Å². The van der Waals surface area contributed by atoms with Crippen LogP contribution in [0.2, 0.25) is 0 Å². The van der Waals surface area contributed by atoms with Crippen molar-refractivity contribution in [2.75, 3.05) is 19.6 Å². The fraction of sp³-hybridized carbons (Fsp3) is 0.400. The van der Waals surface area contributed by atoms with Gasteiger partial charge in [0.05, 0.1) is 5.52 Å². The summed E-state index contributed by atoms with van der Waals surface area (Å²) in [7, 11) is 0. The molecular weight excluding hydrogens is 222 g/mol. The van der Waals surface area contributed by atoms with Gasteiger partial charge in [0.15, 0.2) is 0 Å². The fourth-order valence-electron chi connectivity index (χ4n) is 2.64. The molecule has 3 heteroatoms. The second-order valence-corrected chi connectivity index (χ2v) is 5.12. The Bertz CT molecular complexity index is 538. The van der Waals surface area contributed by atoms with Crippen LogP contribution >= 0.6 is 0 Å². The number of hydrogen-bond donors (Lipinski definition) is 1. The summed E-state index contributed by atoms with van der Waals surface area (Å²) in [6.07, 6.45) is 1.85. The maximum absolute atomic E-state index is 4.36. The molecule has 1 aliphatic rings. The van der Waals surface area contributed by atoms with Crippen LogP contribution in [0.1, 0.15) is 12.5 Å². The van der Waals surface area contributed by atoms with Crippen molar-refractivity contribution >= 4 is 10.9 Å². The molecule has 1 aliphatic heterocycles. The molecule has 0 aliphatic carbocycles. The van der Waals surface area contributed by atoms with Crippen molar-refractivity contribution in [1.29, 1.82) is 0 Å². The number of fused-ring (bicyclic) bond motifs is 1. The van der Waals surface area contributed by atoms with Crippen LogP contribution in [0.5, 0.6) is 0 Å². The maximum Gasteiger partial charge on any atom is 0.0702 e. The lowest BCUT2D eigenvalue weighted by Gasteiger charge is -2.31. The highest BCUT2D eigenvalue weighted by molar-refractivity contribution is 5.78. The number of hydrogen-bond acceptors (Lipinski definition) is 3. The van der Waals surface area contributed by atoms with Gasteiger partial charge in [-0.3, -0.25) is 9.88 Å². The summed E-state index contributed by atoms with van der Waals surface area (Å²) in [6, 6.07) is 11.3. The van der Waals surface area contributed by atoms with E-state index in [4.69, 9.17) is 0 Å². The molecule has 2 heterocycles. The lowest BCUT2D eigenvalue weighted by Crippen LogP contribution is -2.48. The molecule has 1 saturated heterocycles. The van der Waals surface area contributed by atoms with Gasteiger partial charge in [-0.15, -0.1) is 0 Å². The molecule has 0 saturated carbocycles. The van der Waals surface area contributed by atoms with Crippen LogP contribution in [0, 0.1) is 0 Å². The lowest BCUT2D eigenvalue weighted by molar-refractivity contribution is 0.200. The molecule has 0 amide bonds. The van der Waals surface area contributed by atoms with E-state index >= 15 is 0 Å². The number of aromatic nitrogens is 1. The van der Waals surface area contributed by atoms with Crippen LogP contribution in [0.3, 0.4) is 0 Å². The average Bonchev–Trinajstić information content (AvgIpc) is 2.39. The van der Waals surface area contributed by atoms with Gasteiger partial charge in [0.2, 0.25) is 0 Å². The van der Waals surface area contributed by atoms with E-state index in [0.717, 1.165) is 31.7 Å². The topological polar surface area (TPSA) is 28.2 Å². The lowest BCUT2D eigenvalue weighted by atomic mass is 10.1. The molecule has 18 heavy (non-hydrogen) atoms. The number of benzene rings is 1. The van der Waals surface area contributed by atoms with Gasteiger partial charge in [0.1, 0.15) is 0 Å². The van der Waals surface area contributed by atoms with E-state index in [0.29, 0.717) is 6.04 Å². The second-order valence-electron chi connectivity index (χ2n) is 5.12. The highest BCUT2D eigenvalue weighted by atomic mass is 15.2. The average molecular weight is 241 g/mol. The van der Waals surface area contributed by atoms with Crippen LogP contribution < -0.4 is 5.32 Å². The Morgan fingerprint density at radius 2 is 2.33 bits per heavy atom. The van der Waals surface area contributed by atoms with Gasteiger partial charge in [-0.1, -0.05) is 12.1 Å². The molecule has 1 fully saturated rings. The van der Waals surface area contributed by atoms with Gasteiger partial charge >= 0.3 is 0 Å². The number of pyridine rings is 1.